The van der Waals surface area contributed by atoms with Crippen molar-refractivity contribution >= 4 is 35.2 Å². The number of anilines is 1. The monoisotopic (exact) mass is 600 g/mol. The summed E-state index contributed by atoms with van der Waals surface area (Å²) in [4.78, 5) is 25.5. The summed E-state index contributed by atoms with van der Waals surface area (Å²) in [5.41, 5.74) is 2.63. The van der Waals surface area contributed by atoms with Gasteiger partial charge in [-0.2, -0.15) is 0 Å². The Kier molecular flexibility index (Phi) is 10.6. The Hall–Kier alpha value is -5.03. The number of thioether (sulfide) groups is 1. The van der Waals surface area contributed by atoms with Crippen LogP contribution in [0.4, 0.5) is 5.69 Å². The normalized spacial score (nSPS) is 10.8. The topological polar surface area (TPSA) is 114 Å². The third-order valence-electron chi connectivity index (χ3n) is 6.28. The summed E-state index contributed by atoms with van der Waals surface area (Å²) >= 11 is 1.27. The molecule has 0 atom stereocenters. The molecule has 4 aromatic rings. The number of carbonyl (C=O) groups is 2. The fourth-order valence-electron chi connectivity index (χ4n) is 4.15. The first-order valence-corrected chi connectivity index (χ1v) is 14.1. The van der Waals surface area contributed by atoms with Gasteiger partial charge < -0.3 is 24.3 Å². The molecule has 0 saturated heterocycles. The number of methoxy groups -OCH3 is 4. The number of aromatic nitrogens is 3. The Bertz CT molecular complexity index is 1590. The lowest BCUT2D eigenvalue weighted by Gasteiger charge is -2.12. The lowest BCUT2D eigenvalue weighted by molar-refractivity contribution is -0.113. The summed E-state index contributed by atoms with van der Waals surface area (Å²) in [7, 11) is 6.20. The molecule has 0 aliphatic carbocycles. The molecule has 0 fully saturated rings. The lowest BCUT2D eigenvalue weighted by atomic mass is 10.1. The van der Waals surface area contributed by atoms with Crippen LogP contribution in [0.2, 0.25) is 0 Å². The third kappa shape index (κ3) is 7.63. The molecule has 43 heavy (non-hydrogen) atoms. The first kappa shape index (κ1) is 30.9. The van der Waals surface area contributed by atoms with E-state index in [-0.39, 0.29) is 17.4 Å². The Morgan fingerprint density at radius 3 is 2.16 bits per heavy atom. The van der Waals surface area contributed by atoms with E-state index in [1.807, 2.05) is 28.8 Å². The van der Waals surface area contributed by atoms with Crippen LogP contribution < -0.4 is 24.3 Å². The number of nitrogens with zero attached hydrogens (tertiary/aromatic N) is 3. The molecular weight excluding hydrogens is 568 g/mol. The molecule has 0 unspecified atom stereocenters. The van der Waals surface area contributed by atoms with Crippen molar-refractivity contribution in [2.75, 3.05) is 39.5 Å². The predicted molar refractivity (Wildman–Crippen MR) is 167 cm³/mol. The molecule has 3 aromatic carbocycles. The highest BCUT2D eigenvalue weighted by molar-refractivity contribution is 7.99. The summed E-state index contributed by atoms with van der Waals surface area (Å²) in [5, 5.41) is 12.1. The van der Waals surface area contributed by atoms with Gasteiger partial charge in [0.15, 0.2) is 28.3 Å². The Morgan fingerprint density at radius 1 is 0.907 bits per heavy atom. The van der Waals surface area contributed by atoms with Crippen LogP contribution in [0.1, 0.15) is 15.9 Å². The highest BCUT2D eigenvalue weighted by Gasteiger charge is 2.16. The molecular formula is C32H32N4O6S. The molecule has 0 spiro atoms. The van der Waals surface area contributed by atoms with Gasteiger partial charge in [-0.25, -0.2) is 0 Å². The molecule has 0 aliphatic heterocycles. The van der Waals surface area contributed by atoms with E-state index in [0.29, 0.717) is 51.6 Å². The quantitative estimate of drug-likeness (QED) is 0.0831. The van der Waals surface area contributed by atoms with Crippen molar-refractivity contribution in [3.05, 3.63) is 90.5 Å². The van der Waals surface area contributed by atoms with Crippen molar-refractivity contribution in [2.24, 2.45) is 0 Å². The average Bonchev–Trinajstić information content (AvgIpc) is 3.44. The van der Waals surface area contributed by atoms with Crippen LogP contribution in [-0.2, 0) is 11.3 Å². The Balaban J connectivity index is 1.36. The van der Waals surface area contributed by atoms with Crippen molar-refractivity contribution in [3.63, 3.8) is 0 Å². The summed E-state index contributed by atoms with van der Waals surface area (Å²) in [6.45, 7) is 4.32. The second-order valence-corrected chi connectivity index (χ2v) is 9.95. The van der Waals surface area contributed by atoms with Gasteiger partial charge in [-0.3, -0.25) is 14.2 Å². The molecule has 0 bridgehead atoms. The maximum atomic E-state index is 12.8. The summed E-state index contributed by atoms with van der Waals surface area (Å²) in [6, 6.07) is 17.7. The molecule has 222 valence electrons. The van der Waals surface area contributed by atoms with Gasteiger partial charge in [-0.1, -0.05) is 23.9 Å². The van der Waals surface area contributed by atoms with Crippen LogP contribution in [-0.4, -0.2) is 60.6 Å². The molecule has 10 nitrogen and oxygen atoms in total. The van der Waals surface area contributed by atoms with Gasteiger partial charge in [0, 0.05) is 23.4 Å². The zero-order valence-corrected chi connectivity index (χ0v) is 25.1. The van der Waals surface area contributed by atoms with Crippen LogP contribution in [0.15, 0.2) is 84.6 Å². The van der Waals surface area contributed by atoms with Crippen LogP contribution in [0.25, 0.3) is 17.5 Å². The number of amides is 1. The van der Waals surface area contributed by atoms with Crippen molar-refractivity contribution in [2.45, 2.75) is 11.7 Å². The number of rotatable bonds is 14. The van der Waals surface area contributed by atoms with Gasteiger partial charge in [0.1, 0.15) is 5.75 Å². The molecule has 0 radical (unpaired) electrons. The van der Waals surface area contributed by atoms with E-state index in [9.17, 15) is 9.59 Å². The molecule has 11 heteroatoms. The van der Waals surface area contributed by atoms with Gasteiger partial charge in [0.25, 0.3) is 0 Å². The standard InChI is InChI=1S/C32H32N4O6S/c1-6-17-36-31(23-10-14-25(39-2)15-11-23)34-35-32(36)43-20-29(38)33-24-12-8-22(9-13-24)26(37)16-7-21-18-27(40-3)30(42-5)28(19-21)41-4/h6-16,18-19H,1,17,20H2,2-5H3,(H,33,38)/b16-7+. The second-order valence-electron chi connectivity index (χ2n) is 9.00. The highest BCUT2D eigenvalue weighted by atomic mass is 32.2. The molecule has 0 saturated carbocycles. The maximum Gasteiger partial charge on any atom is 0.234 e. The van der Waals surface area contributed by atoms with Gasteiger partial charge in [0.2, 0.25) is 11.7 Å². The first-order valence-electron chi connectivity index (χ1n) is 13.1. The average molecular weight is 601 g/mol. The van der Waals surface area contributed by atoms with Crippen LogP contribution in [0, 0.1) is 0 Å². The van der Waals surface area contributed by atoms with Crippen LogP contribution in [0.3, 0.4) is 0 Å². The molecule has 4 rings (SSSR count). The number of benzene rings is 3. The lowest BCUT2D eigenvalue weighted by Crippen LogP contribution is -2.14. The first-order chi connectivity index (χ1) is 20.9. The number of ether oxygens (including phenoxy) is 4. The number of nitrogens with one attached hydrogen (secondary N) is 1. The number of allylic oxidation sites excluding steroid dienone is 2. The van der Waals surface area contributed by atoms with Crippen molar-refractivity contribution in [1.29, 1.82) is 0 Å². The largest absolute Gasteiger partial charge is 0.497 e. The molecule has 0 aliphatic rings. The summed E-state index contributed by atoms with van der Waals surface area (Å²) in [5.74, 6) is 2.58. The van der Waals surface area contributed by atoms with Gasteiger partial charge in [-0.05, 0) is 72.3 Å². The number of hydrogen-bond acceptors (Lipinski definition) is 9. The van der Waals surface area contributed by atoms with Crippen molar-refractivity contribution in [3.8, 4) is 34.4 Å². The number of hydrogen-bond donors (Lipinski definition) is 1. The Morgan fingerprint density at radius 2 is 1.58 bits per heavy atom. The molecule has 1 heterocycles. The third-order valence-corrected chi connectivity index (χ3v) is 7.24. The van der Waals surface area contributed by atoms with E-state index in [2.05, 4.69) is 22.1 Å². The minimum atomic E-state index is -0.217. The fourth-order valence-corrected chi connectivity index (χ4v) is 4.90. The minimum absolute atomic E-state index is 0.121. The molecule has 1 aromatic heterocycles. The summed E-state index contributed by atoms with van der Waals surface area (Å²) < 4.78 is 23.2. The van der Waals surface area contributed by atoms with E-state index in [1.165, 1.54) is 39.2 Å². The van der Waals surface area contributed by atoms with Gasteiger partial charge >= 0.3 is 0 Å². The van der Waals surface area contributed by atoms with Crippen LogP contribution in [0.5, 0.6) is 23.0 Å². The zero-order valence-electron chi connectivity index (χ0n) is 24.3. The van der Waals surface area contributed by atoms with E-state index in [4.69, 9.17) is 18.9 Å². The highest BCUT2D eigenvalue weighted by Crippen LogP contribution is 2.38. The number of carbonyl (C=O) groups excluding carboxylic acids is 2. The summed E-state index contributed by atoms with van der Waals surface area (Å²) in [6.07, 6.45) is 4.89. The van der Waals surface area contributed by atoms with E-state index >= 15 is 0 Å². The predicted octanol–water partition coefficient (Wildman–Crippen LogP) is 5.79. The zero-order chi connectivity index (χ0) is 30.8. The van der Waals surface area contributed by atoms with Crippen molar-refractivity contribution < 1.29 is 28.5 Å². The smallest absolute Gasteiger partial charge is 0.234 e. The number of ketones is 1. The van der Waals surface area contributed by atoms with Gasteiger partial charge in [0.05, 0.1) is 34.2 Å². The Labute approximate surface area is 254 Å². The second kappa shape index (κ2) is 14.7. The van der Waals surface area contributed by atoms with E-state index < -0.39 is 0 Å². The molecule has 1 N–H and O–H groups in total. The van der Waals surface area contributed by atoms with Gasteiger partial charge in [-0.15, -0.1) is 16.8 Å². The SMILES string of the molecule is C=CCn1c(SCC(=O)Nc2ccc(C(=O)/C=C/c3cc(OC)c(OC)c(OC)c3)cc2)nnc1-c1ccc(OC)cc1. The molecule has 1 amide bonds. The van der Waals surface area contributed by atoms with Crippen molar-refractivity contribution in [1.82, 2.24) is 14.8 Å². The fraction of sp³-hybridized carbons (Fsp3) is 0.188. The van der Waals surface area contributed by atoms with E-state index in [0.717, 1.165) is 11.3 Å². The van der Waals surface area contributed by atoms with E-state index in [1.54, 1.807) is 55.7 Å². The minimum Gasteiger partial charge on any atom is -0.497 e. The van der Waals surface area contributed by atoms with Crippen LogP contribution >= 0.6 is 11.8 Å². The maximum absolute atomic E-state index is 12.8.